The number of carbonyl (C=O) groups is 1. The van der Waals surface area contributed by atoms with Gasteiger partial charge in [-0.1, -0.05) is 36.4 Å². The van der Waals surface area contributed by atoms with E-state index in [0.717, 1.165) is 13.1 Å². The number of anilines is 2. The van der Waals surface area contributed by atoms with Crippen molar-refractivity contribution in [2.45, 2.75) is 6.54 Å². The Morgan fingerprint density at radius 2 is 1.69 bits per heavy atom. The van der Waals surface area contributed by atoms with E-state index in [9.17, 15) is 9.18 Å². The Hall–Kier alpha value is -3.48. The number of nitrogens with one attached hydrogen (secondary N) is 1. The lowest BCUT2D eigenvalue weighted by Gasteiger charge is -2.36. The van der Waals surface area contributed by atoms with Crippen LogP contribution in [0.1, 0.15) is 16.1 Å². The number of carbonyl (C=O) groups excluding carboxylic acids is 1. The predicted octanol–water partition coefficient (Wildman–Crippen LogP) is 3.19. The third-order valence-electron chi connectivity index (χ3n) is 4.99. The summed E-state index contributed by atoms with van der Waals surface area (Å²) in [5, 5.41) is 3.06. The number of halogens is 1. The van der Waals surface area contributed by atoms with Crippen LogP contribution in [0.5, 0.6) is 0 Å². The van der Waals surface area contributed by atoms with Gasteiger partial charge >= 0.3 is 0 Å². The van der Waals surface area contributed by atoms with Crippen LogP contribution in [-0.2, 0) is 6.54 Å². The Kier molecular flexibility index (Phi) is 5.65. The monoisotopic (exact) mass is 391 g/mol. The molecule has 1 aliphatic heterocycles. The van der Waals surface area contributed by atoms with Gasteiger partial charge in [0.15, 0.2) is 0 Å². The number of para-hydroxylation sites is 1. The lowest BCUT2D eigenvalue weighted by molar-refractivity contribution is 0.0740. The molecular formula is C22H22FN5O. The lowest BCUT2D eigenvalue weighted by Crippen LogP contribution is -2.49. The molecule has 7 heteroatoms. The van der Waals surface area contributed by atoms with Gasteiger partial charge in [-0.2, -0.15) is 0 Å². The van der Waals surface area contributed by atoms with Crippen LogP contribution >= 0.6 is 0 Å². The van der Waals surface area contributed by atoms with E-state index < -0.39 is 0 Å². The van der Waals surface area contributed by atoms with E-state index in [1.807, 2.05) is 23.1 Å². The van der Waals surface area contributed by atoms with E-state index in [1.54, 1.807) is 24.3 Å². The molecule has 1 amide bonds. The van der Waals surface area contributed by atoms with E-state index in [1.165, 1.54) is 18.1 Å². The standard InChI is InChI=1S/C22H22FN5O/c23-19-9-5-4-6-17(19)15-24-21-14-20(25-16-26-21)22(29)28-12-10-27(11-13-28)18-7-2-1-3-8-18/h1-9,14,16H,10-13,15H2,(H,24,25,26). The SMILES string of the molecule is O=C(c1cc(NCc2ccccc2F)ncn1)N1CCN(c2ccccc2)CC1. The Labute approximate surface area is 169 Å². The van der Waals surface area contributed by atoms with Gasteiger partial charge in [-0.3, -0.25) is 4.79 Å². The lowest BCUT2D eigenvalue weighted by atomic mass is 10.2. The zero-order valence-corrected chi connectivity index (χ0v) is 16.0. The molecule has 2 heterocycles. The second-order valence-electron chi connectivity index (χ2n) is 6.85. The van der Waals surface area contributed by atoms with Crippen LogP contribution in [0.25, 0.3) is 0 Å². The van der Waals surface area contributed by atoms with Crippen molar-refractivity contribution in [2.24, 2.45) is 0 Å². The van der Waals surface area contributed by atoms with Crippen molar-refractivity contribution < 1.29 is 9.18 Å². The van der Waals surface area contributed by atoms with Crippen molar-refractivity contribution in [3.8, 4) is 0 Å². The molecule has 1 fully saturated rings. The summed E-state index contributed by atoms with van der Waals surface area (Å²) in [5.41, 5.74) is 2.04. The first-order valence-electron chi connectivity index (χ1n) is 9.59. The second kappa shape index (κ2) is 8.68. The predicted molar refractivity (Wildman–Crippen MR) is 110 cm³/mol. The van der Waals surface area contributed by atoms with Crippen molar-refractivity contribution in [3.05, 3.63) is 84.1 Å². The summed E-state index contributed by atoms with van der Waals surface area (Å²) in [5.74, 6) is 0.102. The number of aromatic nitrogens is 2. The first kappa shape index (κ1) is 18.9. The molecule has 6 nitrogen and oxygen atoms in total. The zero-order valence-electron chi connectivity index (χ0n) is 16.0. The Bertz CT molecular complexity index is 974. The zero-order chi connectivity index (χ0) is 20.1. The average molecular weight is 391 g/mol. The molecule has 1 aliphatic rings. The van der Waals surface area contributed by atoms with E-state index in [0.29, 0.717) is 30.2 Å². The fourth-order valence-corrected chi connectivity index (χ4v) is 3.37. The minimum Gasteiger partial charge on any atom is -0.368 e. The fourth-order valence-electron chi connectivity index (χ4n) is 3.37. The number of amides is 1. The Morgan fingerprint density at radius 1 is 0.966 bits per heavy atom. The molecule has 148 valence electrons. The first-order valence-corrected chi connectivity index (χ1v) is 9.59. The third kappa shape index (κ3) is 4.51. The smallest absolute Gasteiger partial charge is 0.272 e. The molecule has 4 rings (SSSR count). The molecule has 0 unspecified atom stereocenters. The van der Waals surface area contributed by atoms with Crippen LogP contribution in [0.3, 0.4) is 0 Å². The molecular weight excluding hydrogens is 369 g/mol. The molecule has 0 spiro atoms. The summed E-state index contributed by atoms with van der Waals surface area (Å²) in [6.07, 6.45) is 1.36. The molecule has 2 aromatic carbocycles. The van der Waals surface area contributed by atoms with Crippen molar-refractivity contribution in [3.63, 3.8) is 0 Å². The van der Waals surface area contributed by atoms with Gasteiger partial charge in [-0.05, 0) is 18.2 Å². The maximum absolute atomic E-state index is 13.8. The largest absolute Gasteiger partial charge is 0.368 e. The number of hydrogen-bond acceptors (Lipinski definition) is 5. The number of piperazine rings is 1. The van der Waals surface area contributed by atoms with Gasteiger partial charge in [0.05, 0.1) is 0 Å². The van der Waals surface area contributed by atoms with Crippen LogP contribution in [0.2, 0.25) is 0 Å². The third-order valence-corrected chi connectivity index (χ3v) is 4.99. The normalized spacial score (nSPS) is 14.0. The minimum atomic E-state index is -0.276. The summed E-state index contributed by atoms with van der Waals surface area (Å²) < 4.78 is 13.8. The highest BCUT2D eigenvalue weighted by Gasteiger charge is 2.23. The number of benzene rings is 2. The van der Waals surface area contributed by atoms with E-state index in [2.05, 4.69) is 32.3 Å². The highest BCUT2D eigenvalue weighted by molar-refractivity contribution is 5.93. The van der Waals surface area contributed by atoms with Crippen LogP contribution in [0.15, 0.2) is 67.0 Å². The quantitative estimate of drug-likeness (QED) is 0.724. The van der Waals surface area contributed by atoms with Gasteiger partial charge in [-0.25, -0.2) is 14.4 Å². The maximum Gasteiger partial charge on any atom is 0.272 e. The molecule has 0 saturated carbocycles. The van der Waals surface area contributed by atoms with E-state index >= 15 is 0 Å². The van der Waals surface area contributed by atoms with Gasteiger partial charge in [-0.15, -0.1) is 0 Å². The van der Waals surface area contributed by atoms with Crippen LogP contribution < -0.4 is 10.2 Å². The Balaban J connectivity index is 1.37. The summed E-state index contributed by atoms with van der Waals surface area (Å²) in [7, 11) is 0. The van der Waals surface area contributed by atoms with E-state index in [4.69, 9.17) is 0 Å². The number of nitrogens with zero attached hydrogens (tertiary/aromatic N) is 4. The summed E-state index contributed by atoms with van der Waals surface area (Å²) in [6, 6.07) is 18.4. The Morgan fingerprint density at radius 3 is 2.45 bits per heavy atom. The second-order valence-corrected chi connectivity index (χ2v) is 6.85. The molecule has 0 bridgehead atoms. The highest BCUT2D eigenvalue weighted by atomic mass is 19.1. The number of rotatable bonds is 5. The minimum absolute atomic E-state index is 0.117. The van der Waals surface area contributed by atoms with Gasteiger partial charge in [0, 0.05) is 50.0 Å². The van der Waals surface area contributed by atoms with Gasteiger partial charge in [0.25, 0.3) is 5.91 Å². The van der Waals surface area contributed by atoms with Crippen LogP contribution in [0, 0.1) is 5.82 Å². The van der Waals surface area contributed by atoms with Crippen LogP contribution in [0.4, 0.5) is 15.9 Å². The number of hydrogen-bond donors (Lipinski definition) is 1. The molecule has 0 aliphatic carbocycles. The summed E-state index contributed by atoms with van der Waals surface area (Å²) in [6.45, 7) is 3.11. The molecule has 1 N–H and O–H groups in total. The van der Waals surface area contributed by atoms with Crippen molar-refractivity contribution in [1.82, 2.24) is 14.9 Å². The summed E-state index contributed by atoms with van der Waals surface area (Å²) in [4.78, 5) is 25.2. The van der Waals surface area contributed by atoms with Crippen molar-refractivity contribution in [2.75, 3.05) is 36.4 Å². The van der Waals surface area contributed by atoms with Crippen molar-refractivity contribution in [1.29, 1.82) is 0 Å². The van der Waals surface area contributed by atoms with Crippen molar-refractivity contribution >= 4 is 17.4 Å². The van der Waals surface area contributed by atoms with Gasteiger partial charge in [0.2, 0.25) is 0 Å². The molecule has 29 heavy (non-hydrogen) atoms. The molecule has 0 radical (unpaired) electrons. The highest BCUT2D eigenvalue weighted by Crippen LogP contribution is 2.17. The first-order chi connectivity index (χ1) is 14.2. The van der Waals surface area contributed by atoms with Crippen LogP contribution in [-0.4, -0.2) is 47.0 Å². The average Bonchev–Trinajstić information content (AvgIpc) is 2.79. The van der Waals surface area contributed by atoms with Gasteiger partial charge in [0.1, 0.15) is 23.7 Å². The molecule has 3 aromatic rings. The molecule has 1 aromatic heterocycles. The fraction of sp³-hybridized carbons (Fsp3) is 0.227. The maximum atomic E-state index is 13.8. The van der Waals surface area contributed by atoms with E-state index in [-0.39, 0.29) is 18.3 Å². The molecule has 0 atom stereocenters. The van der Waals surface area contributed by atoms with Gasteiger partial charge < -0.3 is 15.1 Å². The molecule has 1 saturated heterocycles. The topological polar surface area (TPSA) is 61.4 Å². The summed E-state index contributed by atoms with van der Waals surface area (Å²) >= 11 is 0.